The van der Waals surface area contributed by atoms with Crippen molar-refractivity contribution in [1.82, 2.24) is 0 Å². The predicted molar refractivity (Wildman–Crippen MR) is 218 cm³/mol. The third-order valence-electron chi connectivity index (χ3n) is 9.90. The Morgan fingerprint density at radius 2 is 1.00 bits per heavy atom. The van der Waals surface area contributed by atoms with E-state index in [1.54, 1.807) is 6.08 Å². The van der Waals surface area contributed by atoms with Crippen molar-refractivity contribution < 1.29 is 14.3 Å². The molecule has 0 aliphatic heterocycles. The molecule has 2 aromatic carbocycles. The van der Waals surface area contributed by atoms with Gasteiger partial charge in [0.1, 0.15) is 11.5 Å². The predicted octanol–water partition coefficient (Wildman–Crippen LogP) is 14.9. The van der Waals surface area contributed by atoms with Gasteiger partial charge in [-0.2, -0.15) is 0 Å². The molecule has 0 unspecified atom stereocenters. The third kappa shape index (κ3) is 21.6. The lowest BCUT2D eigenvalue weighted by atomic mass is 9.99. The van der Waals surface area contributed by atoms with Crippen LogP contribution in [-0.4, -0.2) is 19.0 Å². The molecule has 0 radical (unpaired) electrons. The molecule has 3 nitrogen and oxygen atoms in total. The Balaban J connectivity index is 2.00. The third-order valence-corrected chi connectivity index (χ3v) is 9.90. The zero-order chi connectivity index (χ0) is 35.9. The van der Waals surface area contributed by atoms with Crippen LogP contribution < -0.4 is 9.47 Å². The molecule has 282 valence electrons. The Morgan fingerprint density at radius 1 is 0.580 bits per heavy atom. The SMILES string of the molecule is CCCCCCCCCCCCCOc1cc(C=CC(=O)c2ccccc2)cc(OCCCCCCCCCCCCC)c1CCCC(C)C. The summed E-state index contributed by atoms with van der Waals surface area (Å²) >= 11 is 0. The molecule has 2 aromatic rings. The fraction of sp³-hybridized carbons (Fsp3) is 0.681. The molecule has 0 amide bonds. The molecule has 0 spiro atoms. The minimum absolute atomic E-state index is 0.0125. The summed E-state index contributed by atoms with van der Waals surface area (Å²) in [5.41, 5.74) is 2.86. The van der Waals surface area contributed by atoms with E-state index < -0.39 is 0 Å². The van der Waals surface area contributed by atoms with Crippen LogP contribution >= 0.6 is 0 Å². The highest BCUT2D eigenvalue weighted by Crippen LogP contribution is 2.34. The number of hydrogen-bond acceptors (Lipinski definition) is 3. The smallest absolute Gasteiger partial charge is 0.185 e. The van der Waals surface area contributed by atoms with Gasteiger partial charge in [-0.1, -0.05) is 199 Å². The Bertz CT molecular complexity index is 1070. The van der Waals surface area contributed by atoms with Crippen LogP contribution in [0.4, 0.5) is 0 Å². The lowest BCUT2D eigenvalue weighted by Gasteiger charge is -2.18. The first-order valence-corrected chi connectivity index (χ1v) is 21.2. The van der Waals surface area contributed by atoms with Crippen LogP contribution in [0.2, 0.25) is 0 Å². The summed E-state index contributed by atoms with van der Waals surface area (Å²) in [4.78, 5) is 12.9. The molecule has 0 atom stereocenters. The van der Waals surface area contributed by atoms with E-state index in [4.69, 9.17) is 9.47 Å². The number of unbranched alkanes of at least 4 members (excludes halogenated alkanes) is 20. The average Bonchev–Trinajstić information content (AvgIpc) is 3.12. The molecule has 0 aromatic heterocycles. The molecule has 2 rings (SSSR count). The van der Waals surface area contributed by atoms with Crippen molar-refractivity contribution in [3.8, 4) is 11.5 Å². The number of rotatable bonds is 33. The summed E-state index contributed by atoms with van der Waals surface area (Å²) in [6, 6.07) is 13.8. The van der Waals surface area contributed by atoms with Gasteiger partial charge < -0.3 is 9.47 Å². The van der Waals surface area contributed by atoms with E-state index in [9.17, 15) is 4.79 Å². The van der Waals surface area contributed by atoms with Gasteiger partial charge in [-0.3, -0.25) is 4.79 Å². The number of hydrogen-bond donors (Lipinski definition) is 0. The van der Waals surface area contributed by atoms with Gasteiger partial charge in [-0.15, -0.1) is 0 Å². The summed E-state index contributed by atoms with van der Waals surface area (Å²) in [5, 5.41) is 0. The molecule has 0 saturated heterocycles. The minimum Gasteiger partial charge on any atom is -0.493 e. The van der Waals surface area contributed by atoms with Crippen LogP contribution in [0.15, 0.2) is 48.5 Å². The summed E-state index contributed by atoms with van der Waals surface area (Å²) in [6.07, 6.45) is 36.0. The van der Waals surface area contributed by atoms with Crippen molar-refractivity contribution in [3.05, 3.63) is 65.2 Å². The van der Waals surface area contributed by atoms with E-state index in [0.29, 0.717) is 11.5 Å². The number of carbonyl (C=O) groups is 1. The van der Waals surface area contributed by atoms with Crippen molar-refractivity contribution in [2.45, 2.75) is 188 Å². The van der Waals surface area contributed by atoms with Crippen LogP contribution in [0.3, 0.4) is 0 Å². The highest BCUT2D eigenvalue weighted by atomic mass is 16.5. The topological polar surface area (TPSA) is 35.5 Å². The zero-order valence-corrected chi connectivity index (χ0v) is 33.1. The van der Waals surface area contributed by atoms with Gasteiger partial charge in [0.15, 0.2) is 5.78 Å². The summed E-state index contributed by atoms with van der Waals surface area (Å²) in [7, 11) is 0. The fourth-order valence-corrected chi connectivity index (χ4v) is 6.69. The molecule has 0 bridgehead atoms. The van der Waals surface area contributed by atoms with Crippen molar-refractivity contribution in [2.24, 2.45) is 5.92 Å². The standard InChI is InChI=1S/C47H76O3/c1-5-7-9-11-13-15-17-19-21-23-28-37-49-46-39-42(35-36-45(48)43-32-26-25-27-33-43)40-47(44(46)34-30-31-41(3)4)50-38-29-24-22-20-18-16-14-12-10-8-6-2/h25-27,32-33,35-36,39-41H,5-24,28-31,34,37-38H2,1-4H3. The molecule has 0 aliphatic carbocycles. The lowest BCUT2D eigenvalue weighted by Crippen LogP contribution is -2.06. The normalized spacial score (nSPS) is 11.5. The first-order chi connectivity index (χ1) is 24.5. The highest BCUT2D eigenvalue weighted by Gasteiger charge is 2.14. The quantitative estimate of drug-likeness (QED) is 0.0425. The Labute approximate surface area is 309 Å². The van der Waals surface area contributed by atoms with Crippen LogP contribution in [0.5, 0.6) is 11.5 Å². The monoisotopic (exact) mass is 689 g/mol. The number of ketones is 1. The lowest BCUT2D eigenvalue weighted by molar-refractivity contribution is 0.104. The van der Waals surface area contributed by atoms with E-state index in [0.717, 1.165) is 56.0 Å². The fourth-order valence-electron chi connectivity index (χ4n) is 6.69. The Hall–Kier alpha value is -2.55. The molecule has 50 heavy (non-hydrogen) atoms. The van der Waals surface area contributed by atoms with Gasteiger partial charge in [-0.25, -0.2) is 0 Å². The van der Waals surface area contributed by atoms with Gasteiger partial charge in [0.05, 0.1) is 13.2 Å². The zero-order valence-electron chi connectivity index (χ0n) is 33.1. The van der Waals surface area contributed by atoms with Gasteiger partial charge in [0.2, 0.25) is 0 Å². The maximum absolute atomic E-state index is 12.9. The number of allylic oxidation sites excluding steroid dienone is 1. The van der Waals surface area contributed by atoms with Crippen LogP contribution in [0, 0.1) is 5.92 Å². The van der Waals surface area contributed by atoms with Gasteiger partial charge in [0.25, 0.3) is 0 Å². The summed E-state index contributed by atoms with van der Waals surface area (Å²) in [5.74, 6) is 2.55. The molecule has 0 fully saturated rings. The van der Waals surface area contributed by atoms with Crippen molar-refractivity contribution in [3.63, 3.8) is 0 Å². The van der Waals surface area contributed by atoms with E-state index in [1.165, 1.54) is 140 Å². The Morgan fingerprint density at radius 3 is 1.42 bits per heavy atom. The second kappa shape index (κ2) is 30.1. The average molecular weight is 689 g/mol. The molecule has 0 saturated carbocycles. The molecule has 0 N–H and O–H groups in total. The van der Waals surface area contributed by atoms with E-state index in [2.05, 4.69) is 39.8 Å². The van der Waals surface area contributed by atoms with E-state index in [1.807, 2.05) is 36.4 Å². The van der Waals surface area contributed by atoms with E-state index >= 15 is 0 Å². The number of ether oxygens (including phenoxy) is 2. The molecular weight excluding hydrogens is 613 g/mol. The maximum atomic E-state index is 12.9. The van der Waals surface area contributed by atoms with Crippen LogP contribution in [0.1, 0.15) is 203 Å². The van der Waals surface area contributed by atoms with Crippen molar-refractivity contribution in [1.29, 1.82) is 0 Å². The second-order valence-electron chi connectivity index (χ2n) is 15.1. The Kier molecular flexibility index (Phi) is 26.3. The highest BCUT2D eigenvalue weighted by molar-refractivity contribution is 6.06. The molecule has 0 heterocycles. The first-order valence-electron chi connectivity index (χ1n) is 21.2. The molecular formula is C47H76O3. The van der Waals surface area contributed by atoms with Gasteiger partial charge >= 0.3 is 0 Å². The second-order valence-corrected chi connectivity index (χ2v) is 15.1. The van der Waals surface area contributed by atoms with Crippen molar-refractivity contribution in [2.75, 3.05) is 13.2 Å². The minimum atomic E-state index is 0.0125. The number of benzene rings is 2. The summed E-state index contributed by atoms with van der Waals surface area (Å²) in [6.45, 7) is 10.6. The molecule has 0 aliphatic rings. The maximum Gasteiger partial charge on any atom is 0.185 e. The largest absolute Gasteiger partial charge is 0.493 e. The first kappa shape index (κ1) is 43.6. The van der Waals surface area contributed by atoms with E-state index in [-0.39, 0.29) is 5.78 Å². The van der Waals surface area contributed by atoms with Crippen LogP contribution in [0.25, 0.3) is 6.08 Å². The summed E-state index contributed by atoms with van der Waals surface area (Å²) < 4.78 is 13.1. The van der Waals surface area contributed by atoms with Crippen molar-refractivity contribution >= 4 is 11.9 Å². The van der Waals surface area contributed by atoms with Crippen LogP contribution in [-0.2, 0) is 6.42 Å². The van der Waals surface area contributed by atoms with Gasteiger partial charge in [0, 0.05) is 11.1 Å². The number of carbonyl (C=O) groups excluding carboxylic acids is 1. The molecule has 3 heteroatoms. The van der Waals surface area contributed by atoms with Gasteiger partial charge in [-0.05, 0) is 55.4 Å².